The average Bonchev–Trinajstić information content (AvgIpc) is 2.18. The van der Waals surface area contributed by atoms with Crippen molar-refractivity contribution in [2.75, 3.05) is 5.32 Å². The number of carbonyl (C=O) groups is 1. The van der Waals surface area contributed by atoms with E-state index in [1.807, 2.05) is 0 Å². The van der Waals surface area contributed by atoms with Crippen molar-refractivity contribution in [1.29, 1.82) is 0 Å². The summed E-state index contributed by atoms with van der Waals surface area (Å²) in [5.41, 5.74) is 0. The van der Waals surface area contributed by atoms with Gasteiger partial charge in [-0.3, -0.25) is 9.48 Å². The van der Waals surface area contributed by atoms with Gasteiger partial charge >= 0.3 is 0 Å². The van der Waals surface area contributed by atoms with E-state index in [2.05, 4.69) is 26.3 Å². The molecule has 0 unspecified atom stereocenters. The summed E-state index contributed by atoms with van der Waals surface area (Å²) in [4.78, 5) is 10.6. The third kappa shape index (κ3) is 1.80. The predicted octanol–water partition coefficient (Wildman–Crippen LogP) is 1.14. The first-order chi connectivity index (χ1) is 5.11. The Morgan fingerprint density at radius 2 is 2.45 bits per heavy atom. The monoisotopic (exact) mass is 217 g/mol. The van der Waals surface area contributed by atoms with Crippen LogP contribution in [0.3, 0.4) is 0 Å². The van der Waals surface area contributed by atoms with E-state index in [0.717, 1.165) is 4.47 Å². The van der Waals surface area contributed by atoms with Gasteiger partial charge in [-0.15, -0.1) is 0 Å². The van der Waals surface area contributed by atoms with E-state index in [9.17, 15) is 4.79 Å². The molecule has 0 aromatic carbocycles. The number of aryl methyl sites for hydroxylation is 1. The van der Waals surface area contributed by atoms with E-state index in [0.29, 0.717) is 5.82 Å². The van der Waals surface area contributed by atoms with Crippen LogP contribution in [-0.2, 0) is 11.8 Å². The lowest BCUT2D eigenvalue weighted by atomic mass is 10.6. The number of aromatic nitrogens is 2. The molecular weight excluding hydrogens is 210 g/mol. The maximum atomic E-state index is 10.6. The standard InChI is InChI=1S/C6H8BrN3O/c1-4(11)9-6-5(7)3-8-10(6)2/h3H,1-2H3,(H,9,11). The Kier molecular flexibility index (Phi) is 2.28. The largest absolute Gasteiger partial charge is 0.310 e. The molecule has 5 heteroatoms. The zero-order valence-electron chi connectivity index (χ0n) is 6.26. The van der Waals surface area contributed by atoms with Crippen molar-refractivity contribution in [2.45, 2.75) is 6.92 Å². The quantitative estimate of drug-likeness (QED) is 0.768. The normalized spacial score (nSPS) is 9.73. The van der Waals surface area contributed by atoms with Gasteiger partial charge < -0.3 is 5.32 Å². The van der Waals surface area contributed by atoms with Gasteiger partial charge in [0.25, 0.3) is 0 Å². The molecule has 0 saturated carbocycles. The molecule has 0 atom stereocenters. The van der Waals surface area contributed by atoms with Crippen LogP contribution in [0.5, 0.6) is 0 Å². The van der Waals surface area contributed by atoms with Crippen LogP contribution in [0.15, 0.2) is 10.7 Å². The van der Waals surface area contributed by atoms with Gasteiger partial charge in [-0.05, 0) is 15.9 Å². The second kappa shape index (κ2) is 3.04. The minimum atomic E-state index is -0.102. The highest BCUT2D eigenvalue weighted by Crippen LogP contribution is 2.19. The van der Waals surface area contributed by atoms with E-state index < -0.39 is 0 Å². The molecule has 0 bridgehead atoms. The molecule has 0 fully saturated rings. The molecule has 4 nitrogen and oxygen atoms in total. The number of nitrogens with one attached hydrogen (secondary N) is 1. The molecule has 1 rings (SSSR count). The highest BCUT2D eigenvalue weighted by Gasteiger charge is 2.05. The van der Waals surface area contributed by atoms with Crippen LogP contribution in [0, 0.1) is 0 Å². The van der Waals surface area contributed by atoms with Crippen molar-refractivity contribution in [3.63, 3.8) is 0 Å². The topological polar surface area (TPSA) is 46.9 Å². The molecule has 1 aromatic rings. The van der Waals surface area contributed by atoms with E-state index >= 15 is 0 Å². The summed E-state index contributed by atoms with van der Waals surface area (Å²) in [7, 11) is 1.76. The number of nitrogens with zero attached hydrogens (tertiary/aromatic N) is 2. The third-order valence-electron chi connectivity index (χ3n) is 1.19. The summed E-state index contributed by atoms with van der Waals surface area (Å²) < 4.78 is 2.38. The molecule has 0 saturated heterocycles. The van der Waals surface area contributed by atoms with Crippen LogP contribution in [0.25, 0.3) is 0 Å². The number of hydrogen-bond donors (Lipinski definition) is 1. The predicted molar refractivity (Wildman–Crippen MR) is 45.2 cm³/mol. The number of rotatable bonds is 1. The van der Waals surface area contributed by atoms with Crippen molar-refractivity contribution in [2.24, 2.45) is 7.05 Å². The van der Waals surface area contributed by atoms with Crippen LogP contribution < -0.4 is 5.32 Å². The van der Waals surface area contributed by atoms with Gasteiger partial charge in [0.15, 0.2) is 0 Å². The minimum Gasteiger partial charge on any atom is -0.310 e. The average molecular weight is 218 g/mol. The van der Waals surface area contributed by atoms with Crippen LogP contribution in [0.2, 0.25) is 0 Å². The van der Waals surface area contributed by atoms with E-state index in [4.69, 9.17) is 0 Å². The maximum Gasteiger partial charge on any atom is 0.222 e. The first kappa shape index (κ1) is 8.26. The molecular formula is C6H8BrN3O. The summed E-state index contributed by atoms with van der Waals surface area (Å²) >= 11 is 3.25. The Balaban J connectivity index is 2.92. The van der Waals surface area contributed by atoms with Gasteiger partial charge in [-0.25, -0.2) is 0 Å². The maximum absolute atomic E-state index is 10.6. The molecule has 0 aliphatic heterocycles. The van der Waals surface area contributed by atoms with Crippen molar-refractivity contribution in [1.82, 2.24) is 9.78 Å². The van der Waals surface area contributed by atoms with Gasteiger partial charge in [0.05, 0.1) is 10.7 Å². The molecule has 1 heterocycles. The van der Waals surface area contributed by atoms with Crippen molar-refractivity contribution < 1.29 is 4.79 Å². The van der Waals surface area contributed by atoms with Gasteiger partial charge in [-0.2, -0.15) is 5.10 Å². The van der Waals surface area contributed by atoms with E-state index in [-0.39, 0.29) is 5.91 Å². The van der Waals surface area contributed by atoms with Crippen LogP contribution in [0.1, 0.15) is 6.92 Å². The molecule has 0 radical (unpaired) electrons. The zero-order valence-corrected chi connectivity index (χ0v) is 7.84. The highest BCUT2D eigenvalue weighted by atomic mass is 79.9. The molecule has 1 N–H and O–H groups in total. The highest BCUT2D eigenvalue weighted by molar-refractivity contribution is 9.10. The molecule has 11 heavy (non-hydrogen) atoms. The number of carbonyl (C=O) groups excluding carboxylic acids is 1. The van der Waals surface area contributed by atoms with Crippen molar-refractivity contribution in [3.05, 3.63) is 10.7 Å². The lowest BCUT2D eigenvalue weighted by Crippen LogP contribution is -2.10. The lowest BCUT2D eigenvalue weighted by molar-refractivity contribution is -0.114. The number of halogens is 1. The Labute approximate surface area is 72.7 Å². The fraction of sp³-hybridized carbons (Fsp3) is 0.333. The molecule has 0 aliphatic rings. The number of hydrogen-bond acceptors (Lipinski definition) is 2. The fourth-order valence-electron chi connectivity index (χ4n) is 0.718. The molecule has 60 valence electrons. The van der Waals surface area contributed by atoms with Gasteiger partial charge in [0, 0.05) is 14.0 Å². The lowest BCUT2D eigenvalue weighted by Gasteiger charge is -2.01. The van der Waals surface area contributed by atoms with Crippen LogP contribution in [-0.4, -0.2) is 15.7 Å². The second-order valence-electron chi connectivity index (χ2n) is 2.15. The SMILES string of the molecule is CC(=O)Nc1c(Br)cnn1C. The Morgan fingerprint density at radius 3 is 2.82 bits per heavy atom. The van der Waals surface area contributed by atoms with Crippen LogP contribution in [0.4, 0.5) is 5.82 Å². The summed E-state index contributed by atoms with van der Waals surface area (Å²) in [5, 5.41) is 6.56. The summed E-state index contributed by atoms with van der Waals surface area (Å²) in [6.07, 6.45) is 1.63. The summed E-state index contributed by atoms with van der Waals surface area (Å²) in [6.45, 7) is 1.46. The minimum absolute atomic E-state index is 0.102. The second-order valence-corrected chi connectivity index (χ2v) is 3.00. The Bertz CT molecular complexity index is 262. The number of amides is 1. The summed E-state index contributed by atoms with van der Waals surface area (Å²) in [5.74, 6) is 0.576. The smallest absolute Gasteiger partial charge is 0.222 e. The van der Waals surface area contributed by atoms with Gasteiger partial charge in [-0.1, -0.05) is 0 Å². The van der Waals surface area contributed by atoms with Crippen LogP contribution >= 0.6 is 15.9 Å². The molecule has 0 spiro atoms. The molecule has 0 aliphatic carbocycles. The number of anilines is 1. The Morgan fingerprint density at radius 1 is 1.82 bits per heavy atom. The first-order valence-corrected chi connectivity index (χ1v) is 3.85. The zero-order chi connectivity index (χ0) is 8.43. The van der Waals surface area contributed by atoms with Crippen molar-refractivity contribution >= 4 is 27.7 Å². The van der Waals surface area contributed by atoms with Crippen molar-refractivity contribution in [3.8, 4) is 0 Å². The first-order valence-electron chi connectivity index (χ1n) is 3.06. The molecule has 1 aromatic heterocycles. The van der Waals surface area contributed by atoms with Gasteiger partial charge in [0.2, 0.25) is 5.91 Å². The van der Waals surface area contributed by atoms with Gasteiger partial charge in [0.1, 0.15) is 5.82 Å². The molecule has 1 amide bonds. The fourth-order valence-corrected chi connectivity index (χ4v) is 1.17. The third-order valence-corrected chi connectivity index (χ3v) is 1.77. The van der Waals surface area contributed by atoms with E-state index in [1.54, 1.807) is 17.9 Å². The summed E-state index contributed by atoms with van der Waals surface area (Å²) in [6, 6.07) is 0. The van der Waals surface area contributed by atoms with E-state index in [1.165, 1.54) is 6.92 Å². The Hall–Kier alpha value is -0.840.